The van der Waals surface area contributed by atoms with E-state index in [-0.39, 0.29) is 5.82 Å². The molecule has 0 saturated heterocycles. The summed E-state index contributed by atoms with van der Waals surface area (Å²) in [6, 6.07) is 7.48. The van der Waals surface area contributed by atoms with Crippen molar-refractivity contribution in [2.24, 2.45) is 12.2 Å². The van der Waals surface area contributed by atoms with Crippen LogP contribution in [0.1, 0.15) is 16.2 Å². The van der Waals surface area contributed by atoms with Crippen molar-refractivity contribution >= 4 is 28.1 Å². The van der Waals surface area contributed by atoms with Crippen molar-refractivity contribution in [1.82, 2.24) is 9.55 Å². The summed E-state index contributed by atoms with van der Waals surface area (Å²) in [6.45, 7) is 0. The summed E-state index contributed by atoms with van der Waals surface area (Å²) < 4.78 is 2.44. The Bertz CT molecular complexity index is 593. The summed E-state index contributed by atoms with van der Waals surface area (Å²) in [6.07, 6.45) is 4.65. The van der Waals surface area contributed by atoms with Gasteiger partial charge in [0.1, 0.15) is 0 Å². The van der Waals surface area contributed by atoms with Crippen molar-refractivity contribution in [2.75, 3.05) is 0 Å². The minimum absolute atomic E-state index is 0.208. The average Bonchev–Trinajstić information content (AvgIpc) is 2.78. The van der Waals surface area contributed by atoms with E-state index in [1.807, 2.05) is 24.3 Å². The molecule has 0 atom stereocenters. The van der Waals surface area contributed by atoms with Gasteiger partial charge in [-0.1, -0.05) is 39.3 Å². The molecule has 0 aliphatic heterocycles. The Labute approximate surface area is 112 Å². The van der Waals surface area contributed by atoms with Crippen molar-refractivity contribution in [3.8, 4) is 0 Å². The second-order valence-electron chi connectivity index (χ2n) is 3.50. The third-order valence-electron chi connectivity index (χ3n) is 2.24. The fourth-order valence-corrected chi connectivity index (χ4v) is 1.70. The van der Waals surface area contributed by atoms with Crippen molar-refractivity contribution in [2.45, 2.75) is 0 Å². The molecule has 1 aromatic carbocycles. The number of hydrogen-bond donors (Lipinski definition) is 0. The molecule has 0 N–H and O–H groups in total. The lowest BCUT2D eigenvalue weighted by atomic mass is 10.2. The average molecular weight is 308 g/mol. The smallest absolute Gasteiger partial charge is 0.328 e. The number of imidazole rings is 1. The molecule has 0 saturated carbocycles. The van der Waals surface area contributed by atoms with Gasteiger partial charge >= 0.3 is 5.97 Å². The van der Waals surface area contributed by atoms with Gasteiger partial charge in [-0.3, -0.25) is 0 Å². The third-order valence-corrected chi connectivity index (χ3v) is 2.96. The summed E-state index contributed by atoms with van der Waals surface area (Å²) in [5.74, 6) is -0.384. The largest absolute Gasteiger partial charge is 0.400 e. The first-order valence-electron chi connectivity index (χ1n) is 5.15. The molecular formula is C12H10BrN3O2. The van der Waals surface area contributed by atoms with Crippen LogP contribution in [0.4, 0.5) is 0 Å². The predicted molar refractivity (Wildman–Crippen MR) is 70.4 cm³/mol. The van der Waals surface area contributed by atoms with Gasteiger partial charge in [-0.05, 0) is 6.07 Å². The number of hydrogen-bond acceptors (Lipinski definition) is 4. The highest BCUT2D eigenvalue weighted by Gasteiger charge is 2.11. The zero-order chi connectivity index (χ0) is 13.0. The Morgan fingerprint density at radius 1 is 1.50 bits per heavy atom. The predicted octanol–water partition coefficient (Wildman–Crippen LogP) is 2.37. The van der Waals surface area contributed by atoms with Gasteiger partial charge in [0.15, 0.2) is 0 Å². The Morgan fingerprint density at radius 3 is 2.94 bits per heavy atom. The molecule has 0 unspecified atom stereocenters. The van der Waals surface area contributed by atoms with E-state index in [1.165, 1.54) is 12.4 Å². The molecular weight excluding hydrogens is 298 g/mol. The van der Waals surface area contributed by atoms with E-state index in [0.29, 0.717) is 0 Å². The first kappa shape index (κ1) is 12.5. The van der Waals surface area contributed by atoms with Crippen molar-refractivity contribution in [3.63, 3.8) is 0 Å². The molecule has 18 heavy (non-hydrogen) atoms. The molecule has 2 aromatic rings. The van der Waals surface area contributed by atoms with Crippen LogP contribution in [0.5, 0.6) is 0 Å². The van der Waals surface area contributed by atoms with Crippen LogP contribution in [0.2, 0.25) is 0 Å². The van der Waals surface area contributed by atoms with Crippen molar-refractivity contribution < 1.29 is 9.63 Å². The Hall–Kier alpha value is -1.95. The van der Waals surface area contributed by atoms with Crippen LogP contribution in [0, 0.1) is 0 Å². The van der Waals surface area contributed by atoms with Crippen LogP contribution >= 0.6 is 15.9 Å². The minimum Gasteiger partial charge on any atom is -0.328 e. The van der Waals surface area contributed by atoms with Crippen LogP contribution < -0.4 is 0 Å². The number of carbonyl (C=O) groups is 1. The quantitative estimate of drug-likeness (QED) is 0.497. The summed E-state index contributed by atoms with van der Waals surface area (Å²) in [5, 5.41) is 3.64. The normalized spacial score (nSPS) is 10.8. The number of aromatic nitrogens is 2. The number of oxime groups is 1. The molecule has 0 bridgehead atoms. The van der Waals surface area contributed by atoms with Gasteiger partial charge < -0.3 is 9.40 Å². The van der Waals surface area contributed by atoms with Crippen LogP contribution in [0.15, 0.2) is 46.3 Å². The fourth-order valence-electron chi connectivity index (χ4n) is 1.31. The monoisotopic (exact) mass is 307 g/mol. The lowest BCUT2D eigenvalue weighted by Crippen LogP contribution is -2.08. The van der Waals surface area contributed by atoms with E-state index < -0.39 is 5.97 Å². The fraction of sp³-hybridized carbons (Fsp3) is 0.0833. The van der Waals surface area contributed by atoms with Gasteiger partial charge in [0.2, 0.25) is 5.82 Å². The summed E-state index contributed by atoms with van der Waals surface area (Å²) >= 11 is 3.37. The maximum Gasteiger partial charge on any atom is 0.400 e. The van der Waals surface area contributed by atoms with Gasteiger partial charge in [0.25, 0.3) is 0 Å². The van der Waals surface area contributed by atoms with E-state index in [0.717, 1.165) is 10.0 Å². The van der Waals surface area contributed by atoms with Crippen LogP contribution in [-0.4, -0.2) is 21.7 Å². The lowest BCUT2D eigenvalue weighted by Gasteiger charge is -1.98. The van der Waals surface area contributed by atoms with E-state index >= 15 is 0 Å². The molecule has 2 rings (SSSR count). The van der Waals surface area contributed by atoms with Crippen molar-refractivity contribution in [3.05, 3.63) is 52.5 Å². The first-order valence-corrected chi connectivity index (χ1v) is 5.94. The van der Waals surface area contributed by atoms with E-state index in [9.17, 15) is 4.79 Å². The SMILES string of the molecule is Cn1ccnc1C(=O)ON=Cc1ccccc1Br. The molecule has 92 valence electrons. The molecule has 0 fully saturated rings. The van der Waals surface area contributed by atoms with Gasteiger partial charge in [-0.25, -0.2) is 9.78 Å². The molecule has 6 heteroatoms. The summed E-state index contributed by atoms with van der Waals surface area (Å²) in [5.41, 5.74) is 0.824. The summed E-state index contributed by atoms with van der Waals surface area (Å²) in [7, 11) is 1.71. The minimum atomic E-state index is -0.592. The molecule has 0 radical (unpaired) electrons. The Balaban J connectivity index is 2.03. The molecule has 1 aromatic heterocycles. The highest BCUT2D eigenvalue weighted by Crippen LogP contribution is 2.13. The topological polar surface area (TPSA) is 56.5 Å². The standard InChI is InChI=1S/C12H10BrN3O2/c1-16-7-6-14-11(16)12(17)18-15-8-9-4-2-3-5-10(9)13/h2-8H,1H3. The molecule has 0 amide bonds. The number of rotatable bonds is 3. The lowest BCUT2D eigenvalue weighted by molar-refractivity contribution is 0.0500. The van der Waals surface area contributed by atoms with Gasteiger partial charge in [-0.15, -0.1) is 0 Å². The maximum atomic E-state index is 11.6. The maximum absolute atomic E-state index is 11.6. The van der Waals surface area contributed by atoms with Gasteiger partial charge in [0, 0.05) is 29.5 Å². The van der Waals surface area contributed by atoms with Crippen molar-refractivity contribution in [1.29, 1.82) is 0 Å². The third kappa shape index (κ3) is 2.84. The van der Waals surface area contributed by atoms with Gasteiger partial charge in [0.05, 0.1) is 6.21 Å². The molecule has 0 aliphatic carbocycles. The first-order chi connectivity index (χ1) is 8.68. The summed E-state index contributed by atoms with van der Waals surface area (Å²) in [4.78, 5) is 20.2. The second-order valence-corrected chi connectivity index (χ2v) is 4.35. The van der Waals surface area contributed by atoms with Gasteiger partial charge in [-0.2, -0.15) is 0 Å². The Kier molecular flexibility index (Phi) is 3.88. The second kappa shape index (κ2) is 5.59. The highest BCUT2D eigenvalue weighted by atomic mass is 79.9. The zero-order valence-electron chi connectivity index (χ0n) is 9.58. The van der Waals surface area contributed by atoms with E-state index in [2.05, 4.69) is 26.1 Å². The van der Waals surface area contributed by atoms with Crippen LogP contribution in [0.25, 0.3) is 0 Å². The molecule has 0 spiro atoms. The molecule has 0 aliphatic rings. The number of carbonyl (C=O) groups excluding carboxylic acids is 1. The number of benzene rings is 1. The molecule has 5 nitrogen and oxygen atoms in total. The van der Waals surface area contributed by atoms with E-state index in [4.69, 9.17) is 4.84 Å². The zero-order valence-corrected chi connectivity index (χ0v) is 11.2. The highest BCUT2D eigenvalue weighted by molar-refractivity contribution is 9.10. The number of halogens is 1. The number of nitrogens with zero attached hydrogens (tertiary/aromatic N) is 3. The number of aryl methyl sites for hydroxylation is 1. The molecule has 1 heterocycles. The Morgan fingerprint density at radius 2 is 2.28 bits per heavy atom. The van der Waals surface area contributed by atoms with Crippen LogP contribution in [0.3, 0.4) is 0 Å². The van der Waals surface area contributed by atoms with E-state index in [1.54, 1.807) is 17.8 Å². The van der Waals surface area contributed by atoms with Crippen LogP contribution in [-0.2, 0) is 11.9 Å².